The summed E-state index contributed by atoms with van der Waals surface area (Å²) in [5.74, 6) is 0.581. The van der Waals surface area contributed by atoms with Crippen LogP contribution in [0.3, 0.4) is 0 Å². The number of para-hydroxylation sites is 1. The van der Waals surface area contributed by atoms with Gasteiger partial charge in [0, 0.05) is 10.7 Å². The Kier molecular flexibility index (Phi) is 3.69. The van der Waals surface area contributed by atoms with Gasteiger partial charge in [-0.1, -0.05) is 35.3 Å². The minimum Gasteiger partial charge on any atom is -0.338 e. The fraction of sp³-hybridized carbons (Fsp3) is 0. The van der Waals surface area contributed by atoms with Gasteiger partial charge < -0.3 is 5.32 Å². The van der Waals surface area contributed by atoms with Gasteiger partial charge in [0.05, 0.1) is 15.7 Å². The summed E-state index contributed by atoms with van der Waals surface area (Å²) in [6.07, 6.45) is 1.67. The number of rotatable bonds is 2. The number of pyridine rings is 1. The highest BCUT2D eigenvalue weighted by Crippen LogP contribution is 2.29. The predicted molar refractivity (Wildman–Crippen MR) is 71.7 cm³/mol. The van der Waals surface area contributed by atoms with Gasteiger partial charge in [-0.05, 0) is 34.1 Å². The third-order valence-electron chi connectivity index (χ3n) is 1.93. The molecule has 5 heteroatoms. The first-order valence-electron chi connectivity index (χ1n) is 4.49. The molecule has 2 rings (SSSR count). The Morgan fingerprint density at radius 3 is 2.56 bits per heavy atom. The summed E-state index contributed by atoms with van der Waals surface area (Å²) in [6, 6.07) is 9.19. The van der Waals surface area contributed by atoms with Gasteiger partial charge in [-0.3, -0.25) is 0 Å². The third kappa shape index (κ3) is 2.67. The van der Waals surface area contributed by atoms with Crippen LogP contribution in [0, 0.1) is 0 Å². The van der Waals surface area contributed by atoms with Crippen molar-refractivity contribution >= 4 is 50.6 Å². The molecule has 0 radical (unpaired) electrons. The smallest absolute Gasteiger partial charge is 0.149 e. The van der Waals surface area contributed by atoms with Crippen LogP contribution < -0.4 is 5.32 Å². The highest BCUT2D eigenvalue weighted by Gasteiger charge is 2.05. The highest BCUT2D eigenvalue weighted by atomic mass is 79.9. The van der Waals surface area contributed by atoms with E-state index in [1.807, 2.05) is 18.2 Å². The van der Waals surface area contributed by atoms with Gasteiger partial charge in [0.2, 0.25) is 0 Å². The van der Waals surface area contributed by atoms with E-state index in [2.05, 4.69) is 26.2 Å². The summed E-state index contributed by atoms with van der Waals surface area (Å²) in [7, 11) is 0. The van der Waals surface area contributed by atoms with E-state index in [1.165, 1.54) is 0 Å². The first kappa shape index (κ1) is 11.7. The van der Waals surface area contributed by atoms with Crippen LogP contribution in [0.15, 0.2) is 41.0 Å². The Bertz CT molecular complexity index is 517. The number of hydrogen-bond donors (Lipinski definition) is 1. The quantitative estimate of drug-likeness (QED) is 0.852. The molecule has 0 atom stereocenters. The molecular weight excluding hydrogens is 311 g/mol. The van der Waals surface area contributed by atoms with E-state index in [4.69, 9.17) is 23.2 Å². The van der Waals surface area contributed by atoms with E-state index in [-0.39, 0.29) is 0 Å². The lowest BCUT2D eigenvalue weighted by atomic mass is 10.3. The van der Waals surface area contributed by atoms with Gasteiger partial charge in [-0.2, -0.15) is 0 Å². The number of nitrogens with zero attached hydrogens (tertiary/aromatic N) is 1. The van der Waals surface area contributed by atoms with Crippen molar-refractivity contribution in [3.05, 3.63) is 51.0 Å². The van der Waals surface area contributed by atoms with Crippen molar-refractivity contribution in [3.8, 4) is 0 Å². The summed E-state index contributed by atoms with van der Waals surface area (Å²) in [4.78, 5) is 4.17. The predicted octanol–water partition coefficient (Wildman–Crippen LogP) is 4.89. The molecule has 16 heavy (non-hydrogen) atoms. The Labute approximate surface area is 112 Å². The Balaban J connectivity index is 2.31. The van der Waals surface area contributed by atoms with Crippen molar-refractivity contribution < 1.29 is 0 Å². The lowest BCUT2D eigenvalue weighted by Gasteiger charge is -2.08. The van der Waals surface area contributed by atoms with Crippen molar-refractivity contribution in [2.45, 2.75) is 0 Å². The van der Waals surface area contributed by atoms with Crippen molar-refractivity contribution in [1.29, 1.82) is 0 Å². The molecule has 1 aromatic carbocycles. The summed E-state index contributed by atoms with van der Waals surface area (Å²) < 4.78 is 0.835. The number of hydrogen-bond acceptors (Lipinski definition) is 2. The first-order chi connectivity index (χ1) is 7.66. The average molecular weight is 318 g/mol. The summed E-state index contributed by atoms with van der Waals surface area (Å²) in [5, 5.41) is 4.24. The molecule has 0 spiro atoms. The second kappa shape index (κ2) is 5.04. The molecule has 82 valence electrons. The lowest BCUT2D eigenvalue weighted by molar-refractivity contribution is 1.29. The third-order valence-corrected chi connectivity index (χ3v) is 2.99. The fourth-order valence-corrected chi connectivity index (χ4v) is 2.06. The number of aromatic nitrogens is 1. The maximum atomic E-state index is 6.03. The topological polar surface area (TPSA) is 24.9 Å². The summed E-state index contributed by atoms with van der Waals surface area (Å²) >= 11 is 15.3. The molecule has 1 aromatic heterocycles. The van der Waals surface area contributed by atoms with E-state index >= 15 is 0 Å². The molecule has 0 fully saturated rings. The summed E-state index contributed by atoms with van der Waals surface area (Å²) in [5.41, 5.74) is 0.779. The largest absolute Gasteiger partial charge is 0.338 e. The van der Waals surface area contributed by atoms with Crippen LogP contribution in [0.5, 0.6) is 0 Å². The van der Waals surface area contributed by atoms with Crippen LogP contribution >= 0.6 is 39.1 Å². The molecule has 1 heterocycles. The number of halogens is 3. The second-order valence-electron chi connectivity index (χ2n) is 3.09. The van der Waals surface area contributed by atoms with Gasteiger partial charge in [0.15, 0.2) is 0 Å². The molecule has 2 aromatic rings. The van der Waals surface area contributed by atoms with Gasteiger partial charge >= 0.3 is 0 Å². The standard InChI is InChI=1S/C11H7BrCl2N2/c12-7-5-9(14)11(15-6-7)16-10-4-2-1-3-8(10)13/h1-6H,(H,15,16). The van der Waals surface area contributed by atoms with E-state index in [0.29, 0.717) is 15.9 Å². The minimum atomic E-state index is 0.536. The SMILES string of the molecule is Clc1ccccc1Nc1ncc(Br)cc1Cl. The van der Waals surface area contributed by atoms with Crippen molar-refractivity contribution in [2.75, 3.05) is 5.32 Å². The number of nitrogens with one attached hydrogen (secondary N) is 1. The molecule has 1 N–H and O–H groups in total. The number of anilines is 2. The molecule has 0 bridgehead atoms. The van der Waals surface area contributed by atoms with Gasteiger partial charge in [-0.25, -0.2) is 4.98 Å². The van der Waals surface area contributed by atoms with E-state index in [1.54, 1.807) is 18.3 Å². The zero-order chi connectivity index (χ0) is 11.5. The minimum absolute atomic E-state index is 0.536. The maximum absolute atomic E-state index is 6.03. The second-order valence-corrected chi connectivity index (χ2v) is 4.82. The van der Waals surface area contributed by atoms with E-state index < -0.39 is 0 Å². The van der Waals surface area contributed by atoms with Crippen molar-refractivity contribution in [1.82, 2.24) is 4.98 Å². The Hall–Kier alpha value is -0.770. The molecule has 0 amide bonds. The number of benzene rings is 1. The zero-order valence-corrected chi connectivity index (χ0v) is 11.1. The molecule has 0 unspecified atom stereocenters. The molecule has 0 saturated carbocycles. The van der Waals surface area contributed by atoms with Crippen LogP contribution in [0.25, 0.3) is 0 Å². The maximum Gasteiger partial charge on any atom is 0.149 e. The Morgan fingerprint density at radius 1 is 1.12 bits per heavy atom. The van der Waals surface area contributed by atoms with E-state index in [0.717, 1.165) is 10.2 Å². The first-order valence-corrected chi connectivity index (χ1v) is 6.04. The monoisotopic (exact) mass is 316 g/mol. The molecule has 2 nitrogen and oxygen atoms in total. The van der Waals surface area contributed by atoms with Gasteiger partial charge in [-0.15, -0.1) is 0 Å². The van der Waals surface area contributed by atoms with Crippen molar-refractivity contribution in [3.63, 3.8) is 0 Å². The molecular formula is C11H7BrCl2N2. The average Bonchev–Trinajstić information content (AvgIpc) is 2.25. The van der Waals surface area contributed by atoms with Crippen LogP contribution in [0.4, 0.5) is 11.5 Å². The molecule has 0 saturated heterocycles. The van der Waals surface area contributed by atoms with Gasteiger partial charge in [0.25, 0.3) is 0 Å². The van der Waals surface area contributed by atoms with E-state index in [9.17, 15) is 0 Å². The normalized spacial score (nSPS) is 10.2. The van der Waals surface area contributed by atoms with Crippen LogP contribution in [0.1, 0.15) is 0 Å². The fourth-order valence-electron chi connectivity index (χ4n) is 1.20. The molecule has 0 aliphatic heterocycles. The molecule has 0 aliphatic rings. The molecule has 0 aliphatic carbocycles. The zero-order valence-electron chi connectivity index (χ0n) is 8.05. The summed E-state index contributed by atoms with van der Waals surface area (Å²) in [6.45, 7) is 0. The van der Waals surface area contributed by atoms with Crippen LogP contribution in [0.2, 0.25) is 10.0 Å². The highest BCUT2D eigenvalue weighted by molar-refractivity contribution is 9.10. The van der Waals surface area contributed by atoms with Crippen molar-refractivity contribution in [2.24, 2.45) is 0 Å². The van der Waals surface area contributed by atoms with Crippen LogP contribution in [-0.2, 0) is 0 Å². The Morgan fingerprint density at radius 2 is 1.88 bits per heavy atom. The lowest BCUT2D eigenvalue weighted by Crippen LogP contribution is -1.94. The van der Waals surface area contributed by atoms with Gasteiger partial charge in [0.1, 0.15) is 5.82 Å². The van der Waals surface area contributed by atoms with Crippen LogP contribution in [-0.4, -0.2) is 4.98 Å².